The number of carboxylic acid groups (broad SMARTS) is 1. The molecule has 0 fully saturated rings. The number of nitrogens with one attached hydrogen (secondary N) is 1. The van der Waals surface area contributed by atoms with Crippen molar-refractivity contribution in [1.82, 2.24) is 10.3 Å². The van der Waals surface area contributed by atoms with E-state index in [2.05, 4.69) is 10.3 Å². The molecule has 19 heavy (non-hydrogen) atoms. The molecule has 0 saturated carbocycles. The third kappa shape index (κ3) is 2.61. The maximum atomic E-state index is 13.8. The molecule has 0 aliphatic rings. The summed E-state index contributed by atoms with van der Waals surface area (Å²) in [6, 6.07) is 3.95. The molecule has 0 spiro atoms. The van der Waals surface area contributed by atoms with E-state index >= 15 is 0 Å². The number of hydrogen-bond acceptors (Lipinski definition) is 2. The first-order valence-corrected chi connectivity index (χ1v) is 6.02. The van der Waals surface area contributed by atoms with Gasteiger partial charge < -0.3 is 10.4 Å². The second-order valence-corrected chi connectivity index (χ2v) is 4.66. The predicted molar refractivity (Wildman–Crippen MR) is 71.0 cm³/mol. The lowest BCUT2D eigenvalue weighted by Gasteiger charge is -2.14. The zero-order chi connectivity index (χ0) is 14.2. The molecule has 2 aromatic rings. The monoisotopic (exact) mass is 282 g/mol. The number of aromatic nitrogens is 1. The maximum Gasteiger partial charge on any atom is 0.405 e. The summed E-state index contributed by atoms with van der Waals surface area (Å²) in [7, 11) is 0. The van der Waals surface area contributed by atoms with Gasteiger partial charge in [0.05, 0.1) is 11.6 Å². The number of rotatable bonds is 2. The Labute approximate surface area is 114 Å². The second kappa shape index (κ2) is 5.01. The number of benzene rings is 1. The zero-order valence-corrected chi connectivity index (χ0v) is 11.1. The molecule has 2 rings (SSSR count). The number of amides is 1. The summed E-state index contributed by atoms with van der Waals surface area (Å²) < 4.78 is 13.8. The van der Waals surface area contributed by atoms with Gasteiger partial charge in [-0.3, -0.25) is 0 Å². The Kier molecular flexibility index (Phi) is 3.57. The van der Waals surface area contributed by atoms with Crippen molar-refractivity contribution in [3.8, 4) is 0 Å². The van der Waals surface area contributed by atoms with Crippen LogP contribution in [-0.2, 0) is 0 Å². The van der Waals surface area contributed by atoms with Crippen molar-refractivity contribution in [2.24, 2.45) is 0 Å². The summed E-state index contributed by atoms with van der Waals surface area (Å²) in [5, 5.41) is 11.5. The van der Waals surface area contributed by atoms with Gasteiger partial charge in [-0.2, -0.15) is 0 Å². The summed E-state index contributed by atoms with van der Waals surface area (Å²) in [4.78, 5) is 14.8. The fraction of sp³-hybridized carbons (Fsp3) is 0.231. The van der Waals surface area contributed by atoms with E-state index in [0.717, 1.165) is 5.56 Å². The molecule has 1 aromatic heterocycles. The summed E-state index contributed by atoms with van der Waals surface area (Å²) >= 11 is 6.04. The summed E-state index contributed by atoms with van der Waals surface area (Å²) in [6.45, 7) is 3.43. The number of halogens is 2. The van der Waals surface area contributed by atoms with Crippen molar-refractivity contribution in [1.29, 1.82) is 0 Å². The highest BCUT2D eigenvalue weighted by molar-refractivity contribution is 6.30. The average molecular weight is 283 g/mol. The van der Waals surface area contributed by atoms with Gasteiger partial charge in [0.1, 0.15) is 11.0 Å². The normalized spacial score (nSPS) is 12.4. The van der Waals surface area contributed by atoms with Crippen molar-refractivity contribution in [3.63, 3.8) is 0 Å². The van der Waals surface area contributed by atoms with Crippen LogP contribution in [0.5, 0.6) is 0 Å². The Morgan fingerprint density at radius 1 is 1.53 bits per heavy atom. The Morgan fingerprint density at radius 2 is 2.21 bits per heavy atom. The molecule has 1 heterocycles. The minimum absolute atomic E-state index is 0.169. The minimum Gasteiger partial charge on any atom is -0.465 e. The SMILES string of the molecule is Cc1ccc(F)c2cc(C(C)NC(=O)O)c(Cl)nc12. The van der Waals surface area contributed by atoms with E-state index in [4.69, 9.17) is 16.7 Å². The van der Waals surface area contributed by atoms with Crippen LogP contribution in [0, 0.1) is 12.7 Å². The number of pyridine rings is 1. The van der Waals surface area contributed by atoms with Crippen LogP contribution in [0.4, 0.5) is 9.18 Å². The Bertz CT molecular complexity index is 661. The first-order chi connectivity index (χ1) is 8.90. The lowest BCUT2D eigenvalue weighted by atomic mass is 10.1. The highest BCUT2D eigenvalue weighted by Crippen LogP contribution is 2.28. The molecule has 0 aliphatic carbocycles. The molecule has 0 bridgehead atoms. The molecule has 1 aromatic carbocycles. The van der Waals surface area contributed by atoms with Gasteiger partial charge in [-0.1, -0.05) is 17.7 Å². The zero-order valence-electron chi connectivity index (χ0n) is 10.4. The van der Waals surface area contributed by atoms with Crippen LogP contribution in [0.3, 0.4) is 0 Å². The Morgan fingerprint density at radius 3 is 2.84 bits per heavy atom. The first kappa shape index (κ1) is 13.5. The fourth-order valence-electron chi connectivity index (χ4n) is 1.92. The molecule has 0 radical (unpaired) electrons. The molecule has 1 unspecified atom stereocenters. The predicted octanol–water partition coefficient (Wildman–Crippen LogP) is 3.66. The summed E-state index contributed by atoms with van der Waals surface area (Å²) in [5.74, 6) is -0.409. The van der Waals surface area contributed by atoms with Crippen molar-refractivity contribution < 1.29 is 14.3 Å². The lowest BCUT2D eigenvalue weighted by Crippen LogP contribution is -2.24. The number of carbonyl (C=O) groups is 1. The summed E-state index contributed by atoms with van der Waals surface area (Å²) in [5.41, 5.74) is 1.74. The second-order valence-electron chi connectivity index (χ2n) is 4.30. The van der Waals surface area contributed by atoms with Crippen molar-refractivity contribution in [3.05, 3.63) is 40.3 Å². The van der Waals surface area contributed by atoms with Crippen LogP contribution >= 0.6 is 11.6 Å². The minimum atomic E-state index is -1.17. The molecule has 6 heteroatoms. The van der Waals surface area contributed by atoms with Gasteiger partial charge >= 0.3 is 6.09 Å². The quantitative estimate of drug-likeness (QED) is 0.826. The number of hydrogen-bond donors (Lipinski definition) is 2. The number of aryl methyl sites for hydroxylation is 1. The molecule has 100 valence electrons. The van der Waals surface area contributed by atoms with E-state index in [1.54, 1.807) is 13.0 Å². The van der Waals surface area contributed by atoms with Crippen LogP contribution in [0.25, 0.3) is 10.9 Å². The van der Waals surface area contributed by atoms with E-state index in [0.29, 0.717) is 16.5 Å². The van der Waals surface area contributed by atoms with E-state index in [-0.39, 0.29) is 5.15 Å². The molecular formula is C13H12ClFN2O2. The highest BCUT2D eigenvalue weighted by atomic mass is 35.5. The fourth-order valence-corrected chi connectivity index (χ4v) is 2.23. The molecule has 0 aliphatic heterocycles. The van der Waals surface area contributed by atoms with Gasteiger partial charge in [0.15, 0.2) is 0 Å². The first-order valence-electron chi connectivity index (χ1n) is 5.65. The topological polar surface area (TPSA) is 62.2 Å². The number of nitrogens with zero attached hydrogens (tertiary/aromatic N) is 1. The Hall–Kier alpha value is -1.88. The lowest BCUT2D eigenvalue weighted by molar-refractivity contribution is 0.191. The van der Waals surface area contributed by atoms with Gasteiger partial charge in [-0.05, 0) is 31.5 Å². The van der Waals surface area contributed by atoms with Crippen LogP contribution in [-0.4, -0.2) is 16.2 Å². The van der Waals surface area contributed by atoms with E-state index in [1.165, 1.54) is 12.1 Å². The maximum absolute atomic E-state index is 13.8. The van der Waals surface area contributed by atoms with Gasteiger partial charge in [0.25, 0.3) is 0 Å². The van der Waals surface area contributed by atoms with E-state index in [1.807, 2.05) is 6.92 Å². The molecule has 4 nitrogen and oxygen atoms in total. The summed E-state index contributed by atoms with van der Waals surface area (Å²) in [6.07, 6.45) is -1.17. The van der Waals surface area contributed by atoms with Gasteiger partial charge in [0.2, 0.25) is 0 Å². The van der Waals surface area contributed by atoms with Gasteiger partial charge in [-0.15, -0.1) is 0 Å². The largest absolute Gasteiger partial charge is 0.465 e. The number of fused-ring (bicyclic) bond motifs is 1. The van der Waals surface area contributed by atoms with Crippen molar-refractivity contribution in [2.75, 3.05) is 0 Å². The Balaban J connectivity index is 2.61. The smallest absolute Gasteiger partial charge is 0.405 e. The molecular weight excluding hydrogens is 271 g/mol. The average Bonchev–Trinajstić information content (AvgIpc) is 2.32. The van der Waals surface area contributed by atoms with Gasteiger partial charge in [0, 0.05) is 10.9 Å². The van der Waals surface area contributed by atoms with Crippen LogP contribution < -0.4 is 5.32 Å². The third-order valence-electron chi connectivity index (χ3n) is 2.92. The molecule has 1 amide bonds. The third-order valence-corrected chi connectivity index (χ3v) is 3.22. The van der Waals surface area contributed by atoms with E-state index in [9.17, 15) is 9.18 Å². The van der Waals surface area contributed by atoms with Crippen molar-refractivity contribution in [2.45, 2.75) is 19.9 Å². The molecule has 1 atom stereocenters. The van der Waals surface area contributed by atoms with Crippen LogP contribution in [0.1, 0.15) is 24.1 Å². The van der Waals surface area contributed by atoms with Gasteiger partial charge in [-0.25, -0.2) is 14.2 Å². The molecule has 0 saturated heterocycles. The van der Waals surface area contributed by atoms with Crippen LogP contribution in [0.2, 0.25) is 5.15 Å². The standard InChI is InChI=1S/C13H12ClFN2O2/c1-6-3-4-10(15)9-5-8(7(2)16-13(18)19)12(14)17-11(6)9/h3-5,7,16H,1-2H3,(H,18,19). The van der Waals surface area contributed by atoms with Crippen molar-refractivity contribution >= 4 is 28.6 Å². The van der Waals surface area contributed by atoms with E-state index < -0.39 is 18.0 Å². The van der Waals surface area contributed by atoms with Crippen LogP contribution in [0.15, 0.2) is 18.2 Å². The molecule has 2 N–H and O–H groups in total. The highest BCUT2D eigenvalue weighted by Gasteiger charge is 2.16.